The predicted octanol–water partition coefficient (Wildman–Crippen LogP) is 3.02. The zero-order valence-electron chi connectivity index (χ0n) is 16.8. The van der Waals surface area contributed by atoms with Gasteiger partial charge in [0.05, 0.1) is 25.3 Å². The molecule has 0 amide bonds. The first-order valence-corrected chi connectivity index (χ1v) is 10.0. The van der Waals surface area contributed by atoms with Crippen LogP contribution in [0.4, 0.5) is 5.95 Å². The van der Waals surface area contributed by atoms with Crippen LogP contribution < -0.4 is 16.3 Å². The van der Waals surface area contributed by atoms with Crippen LogP contribution in [-0.2, 0) is 20.1 Å². The first kappa shape index (κ1) is 20.4. The highest BCUT2D eigenvalue weighted by molar-refractivity contribution is 6.35. The molecule has 30 heavy (non-hydrogen) atoms. The first-order chi connectivity index (χ1) is 14.2. The fraction of sp³-hybridized carbons (Fsp3) is 0.300. The van der Waals surface area contributed by atoms with Crippen molar-refractivity contribution in [3.05, 3.63) is 66.8 Å². The second kappa shape index (κ2) is 7.45. The maximum Gasteiger partial charge on any atom is 0.332 e. The highest BCUT2D eigenvalue weighted by Crippen LogP contribution is 2.26. The van der Waals surface area contributed by atoms with Gasteiger partial charge in [0.25, 0.3) is 5.56 Å². The van der Waals surface area contributed by atoms with Gasteiger partial charge in [-0.15, -0.1) is 0 Å². The van der Waals surface area contributed by atoms with Gasteiger partial charge in [-0.05, 0) is 26.0 Å². The van der Waals surface area contributed by atoms with E-state index in [0.717, 1.165) is 15.9 Å². The molecular formula is C20H20Cl2N6O2. The normalized spacial score (nSPS) is 13.5. The number of anilines is 1. The molecule has 3 aromatic rings. The van der Waals surface area contributed by atoms with Gasteiger partial charge < -0.3 is 0 Å². The van der Waals surface area contributed by atoms with Crippen LogP contribution >= 0.6 is 23.2 Å². The number of hydrogen-bond acceptors (Lipinski definition) is 5. The lowest BCUT2D eigenvalue weighted by molar-refractivity contribution is 0.653. The maximum atomic E-state index is 13.4. The second-order valence-electron chi connectivity index (χ2n) is 7.45. The Morgan fingerprint density at radius 1 is 1.23 bits per heavy atom. The van der Waals surface area contributed by atoms with Crippen molar-refractivity contribution in [1.82, 2.24) is 18.7 Å². The standard InChI is InChI=1S/C20H20Cl2N6O2/c1-11(2)8-28-19-23-17-16(26(19)9-12(3)24-28)18(29)27(20(30)25(17)4)10-13-14(21)6-5-7-15(13)22/h5-7H,1,8-10H2,2-4H3. The minimum absolute atomic E-state index is 0.0387. The summed E-state index contributed by atoms with van der Waals surface area (Å²) >= 11 is 12.5. The SMILES string of the molecule is C=C(C)CN1N=C(C)Cn2c1nc1c2c(=O)n(Cc2c(Cl)cccc2Cl)c(=O)n1C. The van der Waals surface area contributed by atoms with Crippen LogP contribution in [-0.4, -0.2) is 30.9 Å². The molecule has 8 nitrogen and oxygen atoms in total. The number of fused-ring (bicyclic) bond motifs is 3. The Labute approximate surface area is 182 Å². The summed E-state index contributed by atoms with van der Waals surface area (Å²) in [7, 11) is 1.59. The van der Waals surface area contributed by atoms with Crippen molar-refractivity contribution >= 4 is 46.0 Å². The van der Waals surface area contributed by atoms with E-state index >= 15 is 0 Å². The van der Waals surface area contributed by atoms with Gasteiger partial charge in [-0.1, -0.05) is 41.4 Å². The largest absolute Gasteiger partial charge is 0.332 e. The van der Waals surface area contributed by atoms with E-state index in [4.69, 9.17) is 23.2 Å². The van der Waals surface area contributed by atoms with E-state index in [-0.39, 0.29) is 6.54 Å². The van der Waals surface area contributed by atoms with Crippen molar-refractivity contribution in [2.75, 3.05) is 11.6 Å². The van der Waals surface area contributed by atoms with E-state index in [2.05, 4.69) is 16.7 Å². The Bertz CT molecular complexity index is 1330. The third kappa shape index (κ3) is 3.26. The number of imidazole rings is 1. The minimum Gasteiger partial charge on any atom is -0.297 e. The molecule has 0 unspecified atom stereocenters. The Morgan fingerprint density at radius 3 is 2.53 bits per heavy atom. The third-order valence-electron chi connectivity index (χ3n) is 4.92. The zero-order valence-corrected chi connectivity index (χ0v) is 18.3. The van der Waals surface area contributed by atoms with Crippen LogP contribution in [0, 0.1) is 0 Å². The first-order valence-electron chi connectivity index (χ1n) is 9.28. The van der Waals surface area contributed by atoms with Crippen molar-refractivity contribution in [1.29, 1.82) is 0 Å². The van der Waals surface area contributed by atoms with Crippen molar-refractivity contribution in [2.45, 2.75) is 26.9 Å². The van der Waals surface area contributed by atoms with E-state index in [0.29, 0.717) is 45.8 Å². The molecule has 1 aliphatic rings. The molecule has 0 atom stereocenters. The molecule has 0 saturated carbocycles. The van der Waals surface area contributed by atoms with Crippen LogP contribution in [0.15, 0.2) is 45.0 Å². The lowest BCUT2D eigenvalue weighted by Crippen LogP contribution is -2.40. The number of hydrogen-bond donors (Lipinski definition) is 0. The summed E-state index contributed by atoms with van der Waals surface area (Å²) < 4.78 is 4.28. The smallest absolute Gasteiger partial charge is 0.297 e. The fourth-order valence-corrected chi connectivity index (χ4v) is 4.08. The Kier molecular flexibility index (Phi) is 5.07. The molecule has 1 aromatic carbocycles. The van der Waals surface area contributed by atoms with Gasteiger partial charge in [0.1, 0.15) is 0 Å². The number of nitrogens with zero attached hydrogens (tertiary/aromatic N) is 6. The second-order valence-corrected chi connectivity index (χ2v) is 8.27. The average molecular weight is 447 g/mol. The number of halogens is 2. The third-order valence-corrected chi connectivity index (χ3v) is 5.63. The van der Waals surface area contributed by atoms with Gasteiger partial charge in [0.2, 0.25) is 5.95 Å². The van der Waals surface area contributed by atoms with Gasteiger partial charge in [-0.25, -0.2) is 9.80 Å². The summed E-state index contributed by atoms with van der Waals surface area (Å²) in [5, 5.41) is 7.01. The van der Waals surface area contributed by atoms with Crippen LogP contribution in [0.25, 0.3) is 11.2 Å². The van der Waals surface area contributed by atoms with Gasteiger partial charge >= 0.3 is 5.69 Å². The molecule has 0 saturated heterocycles. The van der Waals surface area contributed by atoms with Gasteiger partial charge in [-0.3, -0.25) is 18.5 Å². The van der Waals surface area contributed by atoms with Crippen LogP contribution in [0.3, 0.4) is 0 Å². The highest BCUT2D eigenvalue weighted by Gasteiger charge is 2.27. The number of hydrazone groups is 1. The quantitative estimate of drug-likeness (QED) is 0.577. The highest BCUT2D eigenvalue weighted by atomic mass is 35.5. The van der Waals surface area contributed by atoms with Crippen molar-refractivity contribution < 1.29 is 0 Å². The summed E-state index contributed by atoms with van der Waals surface area (Å²) in [6.45, 7) is 8.52. The summed E-state index contributed by atoms with van der Waals surface area (Å²) in [6, 6.07) is 5.06. The number of benzene rings is 1. The monoisotopic (exact) mass is 446 g/mol. The van der Waals surface area contributed by atoms with E-state index in [1.165, 1.54) is 4.57 Å². The molecule has 4 rings (SSSR count). The van der Waals surface area contributed by atoms with Crippen LogP contribution in [0.5, 0.6) is 0 Å². The molecule has 10 heteroatoms. The molecule has 3 heterocycles. The van der Waals surface area contributed by atoms with Crippen LogP contribution in [0.1, 0.15) is 19.4 Å². The fourth-order valence-electron chi connectivity index (χ4n) is 3.56. The van der Waals surface area contributed by atoms with E-state index in [1.54, 1.807) is 34.8 Å². The van der Waals surface area contributed by atoms with Crippen molar-refractivity contribution in [3.8, 4) is 0 Å². The molecule has 0 N–H and O–H groups in total. The lowest BCUT2D eigenvalue weighted by Gasteiger charge is -2.24. The number of aryl methyl sites for hydroxylation is 1. The summed E-state index contributed by atoms with van der Waals surface area (Å²) in [5.74, 6) is 0.499. The zero-order chi connectivity index (χ0) is 21.7. The molecular weight excluding hydrogens is 427 g/mol. The van der Waals surface area contributed by atoms with Gasteiger partial charge in [-0.2, -0.15) is 10.1 Å². The van der Waals surface area contributed by atoms with E-state index < -0.39 is 11.2 Å². The van der Waals surface area contributed by atoms with E-state index in [1.807, 2.05) is 13.8 Å². The Balaban J connectivity index is 1.96. The van der Waals surface area contributed by atoms with Crippen molar-refractivity contribution in [3.63, 3.8) is 0 Å². The molecule has 1 aliphatic heterocycles. The molecule has 156 valence electrons. The predicted molar refractivity (Wildman–Crippen MR) is 120 cm³/mol. The molecule has 0 bridgehead atoms. The summed E-state index contributed by atoms with van der Waals surface area (Å²) in [5.41, 5.74) is 1.91. The van der Waals surface area contributed by atoms with Gasteiger partial charge in [0, 0.05) is 22.7 Å². The summed E-state index contributed by atoms with van der Waals surface area (Å²) in [6.07, 6.45) is 0. The molecule has 0 spiro atoms. The van der Waals surface area contributed by atoms with Crippen LogP contribution in [0.2, 0.25) is 10.0 Å². The molecule has 0 fully saturated rings. The Hall–Kier alpha value is -2.84. The Morgan fingerprint density at radius 2 is 1.90 bits per heavy atom. The molecule has 2 aromatic heterocycles. The minimum atomic E-state index is -0.497. The summed E-state index contributed by atoms with van der Waals surface area (Å²) in [4.78, 5) is 31.0. The molecule has 0 aliphatic carbocycles. The van der Waals surface area contributed by atoms with E-state index in [9.17, 15) is 9.59 Å². The maximum absolute atomic E-state index is 13.4. The average Bonchev–Trinajstić information content (AvgIpc) is 3.05. The van der Waals surface area contributed by atoms with Crippen molar-refractivity contribution in [2.24, 2.45) is 12.1 Å². The van der Waals surface area contributed by atoms with Gasteiger partial charge in [0.15, 0.2) is 11.2 Å². The topological polar surface area (TPSA) is 77.4 Å². The number of rotatable bonds is 4. The lowest BCUT2D eigenvalue weighted by atomic mass is 10.2. The molecule has 0 radical (unpaired) electrons. The number of aromatic nitrogens is 4.